The summed E-state index contributed by atoms with van der Waals surface area (Å²) in [5.74, 6) is 0.353. The van der Waals surface area contributed by atoms with Gasteiger partial charge in [0.15, 0.2) is 5.16 Å². The molecule has 0 aliphatic rings. The topological polar surface area (TPSA) is 65.4 Å². The summed E-state index contributed by atoms with van der Waals surface area (Å²) in [4.78, 5) is 16.2. The summed E-state index contributed by atoms with van der Waals surface area (Å²) in [6.07, 6.45) is 4.46. The molecule has 1 heterocycles. The molecule has 0 unspecified atom stereocenters. The zero-order valence-electron chi connectivity index (χ0n) is 13.8. The highest BCUT2D eigenvalue weighted by Crippen LogP contribution is 2.16. The highest BCUT2D eigenvalue weighted by molar-refractivity contribution is 7.99. The lowest BCUT2D eigenvalue weighted by Gasteiger charge is -2.08. The van der Waals surface area contributed by atoms with E-state index < -0.39 is 0 Å². The first-order chi connectivity index (χ1) is 11.8. The minimum Gasteiger partial charge on any atom is -0.359 e. The largest absolute Gasteiger partial charge is 0.359 e. The molecule has 1 aromatic carbocycles. The normalized spacial score (nSPS) is 10.7. The predicted octanol–water partition coefficient (Wildman–Crippen LogP) is 2.15. The lowest BCUT2D eigenvalue weighted by molar-refractivity contribution is -0.118. The molecule has 7 heteroatoms. The van der Waals surface area contributed by atoms with Crippen LogP contribution in [-0.2, 0) is 20.8 Å². The number of hydrogen-bond donors (Lipinski definition) is 1. The zero-order valence-corrected chi connectivity index (χ0v) is 14.6. The fourth-order valence-electron chi connectivity index (χ4n) is 2.06. The number of hydrogen-bond acceptors (Lipinski definition) is 5. The number of rotatable bonds is 11. The second-order valence-corrected chi connectivity index (χ2v) is 6.07. The summed E-state index contributed by atoms with van der Waals surface area (Å²) >= 11 is 1.44. The number of aromatic nitrogens is 2. The first-order valence-electron chi connectivity index (χ1n) is 7.81. The van der Waals surface area contributed by atoms with E-state index in [2.05, 4.69) is 22.4 Å². The average Bonchev–Trinajstić information content (AvgIpc) is 3.04. The van der Waals surface area contributed by atoms with Gasteiger partial charge in [0.2, 0.25) is 5.91 Å². The van der Waals surface area contributed by atoms with Crippen LogP contribution in [-0.4, -0.2) is 48.3 Å². The van der Waals surface area contributed by atoms with Gasteiger partial charge in [-0.2, -0.15) is 0 Å². The van der Waals surface area contributed by atoms with Crippen molar-refractivity contribution in [2.75, 3.05) is 32.8 Å². The van der Waals surface area contributed by atoms with Crippen molar-refractivity contribution in [3.63, 3.8) is 0 Å². The van der Waals surface area contributed by atoms with Gasteiger partial charge < -0.3 is 19.4 Å². The van der Waals surface area contributed by atoms with Gasteiger partial charge in [0.05, 0.1) is 12.4 Å². The molecule has 6 nitrogen and oxygen atoms in total. The Bertz CT molecular complexity index is 604. The van der Waals surface area contributed by atoms with Gasteiger partial charge in [0.25, 0.3) is 0 Å². The third kappa shape index (κ3) is 6.74. The maximum atomic E-state index is 11.9. The van der Waals surface area contributed by atoms with Gasteiger partial charge in [-0.05, 0) is 12.0 Å². The molecule has 24 heavy (non-hydrogen) atoms. The average molecular weight is 349 g/mol. The number of ether oxygens (including phenoxy) is 2. The van der Waals surface area contributed by atoms with Crippen molar-refractivity contribution < 1.29 is 14.3 Å². The highest BCUT2D eigenvalue weighted by Gasteiger charge is 2.08. The molecular weight excluding hydrogens is 326 g/mol. The molecule has 1 N–H and O–H groups in total. The lowest BCUT2D eigenvalue weighted by atomic mass is 10.2. The molecule has 0 atom stereocenters. The van der Waals surface area contributed by atoms with Gasteiger partial charge in [-0.15, -0.1) is 0 Å². The quantitative estimate of drug-likeness (QED) is 0.383. The Hall–Kier alpha value is -1.83. The molecule has 1 aromatic heterocycles. The third-order valence-electron chi connectivity index (χ3n) is 3.19. The monoisotopic (exact) mass is 349 g/mol. The molecular formula is C17H23N3O3S. The maximum absolute atomic E-state index is 11.9. The van der Waals surface area contributed by atoms with E-state index in [1.165, 1.54) is 17.3 Å². The first kappa shape index (κ1) is 18.5. The Kier molecular flexibility index (Phi) is 8.37. The van der Waals surface area contributed by atoms with E-state index in [1.807, 2.05) is 29.0 Å². The van der Waals surface area contributed by atoms with Crippen molar-refractivity contribution in [3.05, 3.63) is 48.3 Å². The number of carbonyl (C=O) groups is 1. The molecule has 0 spiro atoms. The first-order valence-corrected chi connectivity index (χ1v) is 8.79. The molecule has 1 amide bonds. The van der Waals surface area contributed by atoms with Crippen LogP contribution in [0.2, 0.25) is 0 Å². The van der Waals surface area contributed by atoms with Gasteiger partial charge in [0, 0.05) is 32.6 Å². The minimum atomic E-state index is 0.000928. The number of benzene rings is 1. The number of carbonyl (C=O) groups excluding carboxylic acids is 1. The predicted molar refractivity (Wildman–Crippen MR) is 93.9 cm³/mol. The number of nitrogens with zero attached hydrogens (tertiary/aromatic N) is 2. The smallest absolute Gasteiger partial charge is 0.230 e. The summed E-state index contributed by atoms with van der Waals surface area (Å²) in [5, 5.41) is 3.72. The van der Waals surface area contributed by atoms with Gasteiger partial charge in [-0.25, -0.2) is 4.98 Å². The molecule has 130 valence electrons. The maximum Gasteiger partial charge on any atom is 0.230 e. The van der Waals surface area contributed by atoms with Crippen LogP contribution >= 0.6 is 11.8 Å². The van der Waals surface area contributed by atoms with Crippen molar-refractivity contribution in [2.24, 2.45) is 0 Å². The molecule has 0 bridgehead atoms. The molecule has 0 aliphatic carbocycles. The minimum absolute atomic E-state index is 0.000928. The number of methoxy groups -OCH3 is 1. The molecule has 0 fully saturated rings. The van der Waals surface area contributed by atoms with E-state index in [9.17, 15) is 4.79 Å². The van der Waals surface area contributed by atoms with Crippen molar-refractivity contribution >= 4 is 17.7 Å². The Morgan fingerprint density at radius 1 is 1.33 bits per heavy atom. The van der Waals surface area contributed by atoms with Crippen LogP contribution < -0.4 is 5.32 Å². The molecule has 0 aliphatic heterocycles. The fourth-order valence-corrected chi connectivity index (χ4v) is 2.85. The van der Waals surface area contributed by atoms with Crippen LogP contribution in [0.3, 0.4) is 0 Å². The molecule has 2 aromatic rings. The molecule has 0 radical (unpaired) electrons. The summed E-state index contributed by atoms with van der Waals surface area (Å²) in [7, 11) is 1.58. The Morgan fingerprint density at radius 2 is 2.17 bits per heavy atom. The van der Waals surface area contributed by atoms with Gasteiger partial charge in [-0.1, -0.05) is 42.1 Å². The van der Waals surface area contributed by atoms with Crippen molar-refractivity contribution in [1.29, 1.82) is 0 Å². The van der Waals surface area contributed by atoms with Gasteiger partial charge in [-0.3, -0.25) is 4.79 Å². The summed E-state index contributed by atoms with van der Waals surface area (Å²) in [6.45, 7) is 2.21. The van der Waals surface area contributed by atoms with E-state index in [-0.39, 0.29) is 12.7 Å². The van der Waals surface area contributed by atoms with E-state index in [0.29, 0.717) is 18.9 Å². The summed E-state index contributed by atoms with van der Waals surface area (Å²) < 4.78 is 12.0. The highest BCUT2D eigenvalue weighted by atomic mass is 32.2. The molecule has 0 saturated carbocycles. The van der Waals surface area contributed by atoms with Crippen molar-refractivity contribution in [3.8, 4) is 0 Å². The SMILES string of the molecule is COCOCCCNC(=O)CSc1nccn1Cc1ccccc1. The van der Waals surface area contributed by atoms with Crippen LogP contribution in [0.1, 0.15) is 12.0 Å². The third-order valence-corrected chi connectivity index (χ3v) is 4.20. The van der Waals surface area contributed by atoms with E-state index in [0.717, 1.165) is 18.1 Å². The van der Waals surface area contributed by atoms with Crippen LogP contribution in [0.25, 0.3) is 0 Å². The second-order valence-electron chi connectivity index (χ2n) is 5.13. The number of imidazole rings is 1. The lowest BCUT2D eigenvalue weighted by Crippen LogP contribution is -2.27. The van der Waals surface area contributed by atoms with Crippen LogP contribution in [0.15, 0.2) is 47.9 Å². The number of nitrogens with one attached hydrogen (secondary N) is 1. The zero-order chi connectivity index (χ0) is 17.0. The number of thioether (sulfide) groups is 1. The fraction of sp³-hybridized carbons (Fsp3) is 0.412. The molecule has 0 saturated heterocycles. The van der Waals surface area contributed by atoms with Crippen molar-refractivity contribution in [1.82, 2.24) is 14.9 Å². The van der Waals surface area contributed by atoms with E-state index >= 15 is 0 Å². The van der Waals surface area contributed by atoms with Crippen LogP contribution in [0.5, 0.6) is 0 Å². The van der Waals surface area contributed by atoms with Crippen LogP contribution in [0, 0.1) is 0 Å². The Morgan fingerprint density at radius 3 is 2.96 bits per heavy atom. The van der Waals surface area contributed by atoms with E-state index in [4.69, 9.17) is 9.47 Å². The van der Waals surface area contributed by atoms with Crippen molar-refractivity contribution in [2.45, 2.75) is 18.1 Å². The Labute approximate surface area is 146 Å². The van der Waals surface area contributed by atoms with Crippen LogP contribution in [0.4, 0.5) is 0 Å². The summed E-state index contributed by atoms with van der Waals surface area (Å²) in [6, 6.07) is 10.2. The molecule has 2 rings (SSSR count). The summed E-state index contributed by atoms with van der Waals surface area (Å²) in [5.41, 5.74) is 1.21. The number of amides is 1. The van der Waals surface area contributed by atoms with E-state index in [1.54, 1.807) is 13.3 Å². The standard InChI is InChI=1S/C17H23N3O3S/c1-22-14-23-11-5-8-18-16(21)13-24-17-19-9-10-20(17)12-15-6-3-2-4-7-15/h2-4,6-7,9-10H,5,8,11-14H2,1H3,(H,18,21). The Balaban J connectivity index is 1.69. The second kappa shape index (κ2) is 10.9. The van der Waals surface area contributed by atoms with Gasteiger partial charge >= 0.3 is 0 Å². The van der Waals surface area contributed by atoms with Gasteiger partial charge in [0.1, 0.15) is 6.79 Å².